The molecule has 0 aromatic heterocycles. The third-order valence-corrected chi connectivity index (χ3v) is 9.23. The van der Waals surface area contributed by atoms with Crippen molar-refractivity contribution < 1.29 is 38.2 Å². The predicted octanol–water partition coefficient (Wildman–Crippen LogP) is 3.24. The fourth-order valence-corrected chi connectivity index (χ4v) is 6.35. The van der Waals surface area contributed by atoms with Gasteiger partial charge in [-0.15, -0.1) is 0 Å². The Morgan fingerprint density at radius 2 is 1.61 bits per heavy atom. The molecule has 0 bridgehead atoms. The third-order valence-electron chi connectivity index (χ3n) is 9.23. The molecule has 0 saturated carbocycles. The second-order valence-electron chi connectivity index (χ2n) is 13.8. The van der Waals surface area contributed by atoms with Crippen LogP contribution >= 0.6 is 0 Å². The molecule has 0 radical (unpaired) electrons. The molecule has 1 fully saturated rings. The lowest BCUT2D eigenvalue weighted by molar-refractivity contribution is -0.171. The molecule has 0 aromatic rings. The molecule has 12 nitrogen and oxygen atoms in total. The van der Waals surface area contributed by atoms with Gasteiger partial charge < -0.3 is 24.2 Å². The van der Waals surface area contributed by atoms with Crippen molar-refractivity contribution in [3.63, 3.8) is 0 Å². The minimum atomic E-state index is -1.19. The molecule has 6 unspecified atom stereocenters. The van der Waals surface area contributed by atoms with Gasteiger partial charge in [-0.2, -0.15) is 0 Å². The number of rotatable bonds is 14. The number of amides is 5. The first-order valence-corrected chi connectivity index (χ1v) is 16.5. The van der Waals surface area contributed by atoms with Crippen molar-refractivity contribution >= 4 is 35.5 Å². The molecule has 0 spiro atoms. The van der Waals surface area contributed by atoms with Gasteiger partial charge in [0.1, 0.15) is 23.9 Å². The summed E-state index contributed by atoms with van der Waals surface area (Å²) in [6.07, 6.45) is 1.98. The van der Waals surface area contributed by atoms with Gasteiger partial charge in [0.25, 0.3) is 17.7 Å². The molecule has 1 saturated heterocycles. The third kappa shape index (κ3) is 8.47. The molecule has 2 aliphatic heterocycles. The van der Waals surface area contributed by atoms with Gasteiger partial charge in [-0.3, -0.25) is 28.9 Å². The van der Waals surface area contributed by atoms with Crippen LogP contribution in [0.15, 0.2) is 11.8 Å². The molecule has 5 amide bonds. The molecule has 260 valence electrons. The summed E-state index contributed by atoms with van der Waals surface area (Å²) < 4.78 is 11.3. The van der Waals surface area contributed by atoms with Crippen LogP contribution in [0.4, 0.5) is 0 Å². The van der Waals surface area contributed by atoms with E-state index in [0.29, 0.717) is 38.0 Å². The van der Waals surface area contributed by atoms with Crippen molar-refractivity contribution in [2.75, 3.05) is 27.7 Å². The first kappa shape index (κ1) is 38.7. The van der Waals surface area contributed by atoms with Gasteiger partial charge >= 0.3 is 5.97 Å². The summed E-state index contributed by atoms with van der Waals surface area (Å²) in [6, 6.07) is -3.26. The van der Waals surface area contributed by atoms with Crippen molar-refractivity contribution in [3.05, 3.63) is 11.8 Å². The van der Waals surface area contributed by atoms with E-state index in [-0.39, 0.29) is 29.6 Å². The van der Waals surface area contributed by atoms with E-state index in [4.69, 9.17) is 9.47 Å². The highest BCUT2D eigenvalue weighted by Crippen LogP contribution is 2.31. The molecule has 0 aliphatic carbocycles. The van der Waals surface area contributed by atoms with Crippen LogP contribution in [0.5, 0.6) is 0 Å². The fourth-order valence-electron chi connectivity index (χ4n) is 6.35. The Balaban J connectivity index is 2.37. The van der Waals surface area contributed by atoms with Crippen molar-refractivity contribution in [1.29, 1.82) is 0 Å². The van der Waals surface area contributed by atoms with E-state index in [2.05, 4.69) is 0 Å². The van der Waals surface area contributed by atoms with Gasteiger partial charge in [0.15, 0.2) is 6.10 Å². The van der Waals surface area contributed by atoms with Crippen LogP contribution < -0.4 is 0 Å². The zero-order valence-electron chi connectivity index (χ0n) is 29.9. The lowest BCUT2D eigenvalue weighted by Crippen LogP contribution is -2.59. The lowest BCUT2D eigenvalue weighted by Gasteiger charge is -2.38. The maximum atomic E-state index is 14.2. The van der Waals surface area contributed by atoms with Gasteiger partial charge in [-0.05, 0) is 43.4 Å². The Kier molecular flexibility index (Phi) is 13.8. The SMILES string of the molecule is CCC(C)C(OC(=O)C(CC(C)C)N(C)C(C)=O)C(=O)N(C)C(C(=O)N1CCCC1C(=O)N1C(=O)C=C(OC)C1C(C)C)C(C)C. The van der Waals surface area contributed by atoms with Crippen LogP contribution in [-0.4, -0.2) is 113 Å². The number of likely N-dealkylation sites (N-methyl/N-ethyl adjacent to an activating group) is 2. The Morgan fingerprint density at radius 1 is 1.00 bits per heavy atom. The average molecular weight is 649 g/mol. The number of esters is 1. The Bertz CT molecular complexity index is 1180. The Hall–Kier alpha value is -3.44. The van der Waals surface area contributed by atoms with Crippen LogP contribution in [0.25, 0.3) is 0 Å². The van der Waals surface area contributed by atoms with E-state index in [1.54, 1.807) is 6.92 Å². The minimum Gasteiger partial charge on any atom is -0.499 e. The zero-order valence-corrected chi connectivity index (χ0v) is 29.9. The van der Waals surface area contributed by atoms with E-state index in [1.165, 1.54) is 53.8 Å². The predicted molar refractivity (Wildman–Crippen MR) is 173 cm³/mol. The van der Waals surface area contributed by atoms with E-state index in [9.17, 15) is 28.8 Å². The van der Waals surface area contributed by atoms with Gasteiger partial charge in [-0.25, -0.2) is 4.79 Å². The first-order chi connectivity index (χ1) is 21.4. The fraction of sp³-hybridized carbons (Fsp3) is 0.765. The maximum Gasteiger partial charge on any atom is 0.329 e. The normalized spacial score (nSPS) is 20.8. The van der Waals surface area contributed by atoms with Gasteiger partial charge in [0.2, 0.25) is 11.8 Å². The summed E-state index contributed by atoms with van der Waals surface area (Å²) in [6.45, 7) is 16.7. The van der Waals surface area contributed by atoms with Crippen LogP contribution in [0.3, 0.4) is 0 Å². The standard InChI is InChI=1S/C34H56N4O8/c1-13-22(8)30(46-34(44)25(17-19(2)3)35(10)23(9)39)33(43)36(11)29(21(6)7)32(42)37-16-14-15-24(37)31(41)38-27(40)18-26(45-12)28(38)20(4)5/h18-22,24-25,28-30H,13-17H2,1-12H3. The van der Waals surface area contributed by atoms with E-state index in [1.807, 2.05) is 48.5 Å². The van der Waals surface area contributed by atoms with Crippen LogP contribution in [0.2, 0.25) is 0 Å². The topological polar surface area (TPSA) is 134 Å². The quantitative estimate of drug-likeness (QED) is 0.207. The Labute approximate surface area is 274 Å². The van der Waals surface area contributed by atoms with E-state index >= 15 is 0 Å². The van der Waals surface area contributed by atoms with Gasteiger partial charge in [-0.1, -0.05) is 55.4 Å². The van der Waals surface area contributed by atoms with Crippen molar-refractivity contribution in [1.82, 2.24) is 19.6 Å². The molecular formula is C34H56N4O8. The van der Waals surface area contributed by atoms with Crippen molar-refractivity contribution in [2.24, 2.45) is 23.7 Å². The highest BCUT2D eigenvalue weighted by atomic mass is 16.6. The molecule has 0 N–H and O–H groups in total. The average Bonchev–Trinajstić information content (AvgIpc) is 3.61. The van der Waals surface area contributed by atoms with Gasteiger partial charge in [0.05, 0.1) is 13.2 Å². The highest BCUT2D eigenvalue weighted by Gasteiger charge is 2.48. The number of methoxy groups -OCH3 is 1. The number of imide groups is 1. The molecule has 46 heavy (non-hydrogen) atoms. The first-order valence-electron chi connectivity index (χ1n) is 16.5. The zero-order chi connectivity index (χ0) is 35.2. The van der Waals surface area contributed by atoms with Crippen molar-refractivity contribution in [2.45, 2.75) is 118 Å². The second kappa shape index (κ2) is 16.4. The number of carbonyl (C=O) groups excluding carboxylic acids is 6. The Morgan fingerprint density at radius 3 is 2.09 bits per heavy atom. The highest BCUT2D eigenvalue weighted by molar-refractivity contribution is 6.07. The smallest absolute Gasteiger partial charge is 0.329 e. The summed E-state index contributed by atoms with van der Waals surface area (Å²) in [5, 5.41) is 0. The van der Waals surface area contributed by atoms with E-state index < -0.39 is 59.9 Å². The minimum absolute atomic E-state index is 0.0855. The summed E-state index contributed by atoms with van der Waals surface area (Å²) in [5.41, 5.74) is 0. The molecule has 6 atom stereocenters. The van der Waals surface area contributed by atoms with Crippen LogP contribution in [-0.2, 0) is 38.2 Å². The number of carbonyl (C=O) groups is 6. The summed E-state index contributed by atoms with van der Waals surface area (Å²) >= 11 is 0. The molecule has 12 heteroatoms. The van der Waals surface area contributed by atoms with Crippen LogP contribution in [0.1, 0.15) is 88.0 Å². The van der Waals surface area contributed by atoms with E-state index in [0.717, 1.165) is 0 Å². The number of ether oxygens (including phenoxy) is 2. The maximum absolute atomic E-state index is 14.2. The molecule has 2 rings (SSSR count). The number of nitrogens with zero attached hydrogens (tertiary/aromatic N) is 4. The number of hydrogen-bond acceptors (Lipinski definition) is 8. The number of likely N-dealkylation sites (tertiary alicyclic amines) is 1. The molecule has 2 heterocycles. The number of hydrogen-bond donors (Lipinski definition) is 0. The molecule has 0 aromatic carbocycles. The summed E-state index contributed by atoms with van der Waals surface area (Å²) in [7, 11) is 4.52. The second-order valence-corrected chi connectivity index (χ2v) is 13.8. The lowest BCUT2D eigenvalue weighted by atomic mass is 9.96. The molecular weight excluding hydrogens is 592 g/mol. The monoisotopic (exact) mass is 648 g/mol. The van der Waals surface area contributed by atoms with Crippen LogP contribution in [0, 0.1) is 23.7 Å². The van der Waals surface area contributed by atoms with Crippen molar-refractivity contribution in [3.8, 4) is 0 Å². The molecule has 2 aliphatic rings. The summed E-state index contributed by atoms with van der Waals surface area (Å²) in [4.78, 5) is 86.2. The van der Waals surface area contributed by atoms with Gasteiger partial charge in [0, 0.05) is 39.6 Å². The largest absolute Gasteiger partial charge is 0.499 e. The summed E-state index contributed by atoms with van der Waals surface area (Å²) in [5.74, 6) is -3.17.